The van der Waals surface area contributed by atoms with E-state index in [1.807, 2.05) is 34.1 Å². The van der Waals surface area contributed by atoms with Gasteiger partial charge in [0.25, 0.3) is 0 Å². The van der Waals surface area contributed by atoms with Gasteiger partial charge in [-0.25, -0.2) is 0 Å². The van der Waals surface area contributed by atoms with Crippen molar-refractivity contribution in [3.8, 4) is 5.75 Å². The Morgan fingerprint density at radius 2 is 1.80 bits per heavy atom. The third kappa shape index (κ3) is 4.51. The normalized spacial score (nSPS) is 21.2. The van der Waals surface area contributed by atoms with Crippen molar-refractivity contribution in [2.24, 2.45) is 0 Å². The summed E-state index contributed by atoms with van der Waals surface area (Å²) in [4.78, 5) is 29.1. The zero-order valence-corrected chi connectivity index (χ0v) is 14.9. The number of nitrogens with one attached hydrogen (secondary N) is 1. The van der Waals surface area contributed by atoms with Crippen LogP contribution < -0.4 is 10.1 Å². The largest absolute Gasteiger partial charge is 0.497 e. The van der Waals surface area contributed by atoms with E-state index in [1.165, 1.54) is 6.42 Å². The fourth-order valence-corrected chi connectivity index (χ4v) is 3.63. The molecule has 1 atom stereocenters. The number of amides is 2. The highest BCUT2D eigenvalue weighted by Gasteiger charge is 2.33. The Morgan fingerprint density at radius 3 is 2.48 bits per heavy atom. The molecule has 2 heterocycles. The Morgan fingerprint density at radius 1 is 1.08 bits per heavy atom. The third-order valence-corrected chi connectivity index (χ3v) is 5.07. The molecule has 136 valence electrons. The highest BCUT2D eigenvalue weighted by molar-refractivity contribution is 5.95. The van der Waals surface area contributed by atoms with Crippen LogP contribution >= 0.6 is 0 Å². The van der Waals surface area contributed by atoms with E-state index in [0.29, 0.717) is 6.54 Å². The number of benzene rings is 1. The van der Waals surface area contributed by atoms with Crippen molar-refractivity contribution in [3.05, 3.63) is 24.3 Å². The van der Waals surface area contributed by atoms with Crippen molar-refractivity contribution < 1.29 is 14.3 Å². The van der Waals surface area contributed by atoms with Gasteiger partial charge in [0.2, 0.25) is 11.8 Å². The highest BCUT2D eigenvalue weighted by Crippen LogP contribution is 2.21. The van der Waals surface area contributed by atoms with Crippen molar-refractivity contribution in [1.82, 2.24) is 9.80 Å². The average Bonchev–Trinajstić information content (AvgIpc) is 3.11. The molecule has 6 heteroatoms. The first kappa shape index (κ1) is 17.7. The van der Waals surface area contributed by atoms with E-state index in [0.717, 1.165) is 56.8 Å². The molecule has 0 aromatic heterocycles. The molecular weight excluding hydrogens is 318 g/mol. The van der Waals surface area contributed by atoms with E-state index < -0.39 is 0 Å². The highest BCUT2D eigenvalue weighted by atomic mass is 16.5. The molecule has 1 aromatic rings. The number of piperidine rings is 1. The summed E-state index contributed by atoms with van der Waals surface area (Å²) in [6.45, 7) is 2.87. The molecule has 25 heavy (non-hydrogen) atoms. The van der Waals surface area contributed by atoms with Gasteiger partial charge in [-0.1, -0.05) is 0 Å². The Bertz CT molecular complexity index is 596. The maximum absolute atomic E-state index is 12.6. The predicted octanol–water partition coefficient (Wildman–Crippen LogP) is 2.11. The van der Waals surface area contributed by atoms with Crippen LogP contribution in [0.1, 0.15) is 32.1 Å². The van der Waals surface area contributed by atoms with E-state index in [4.69, 9.17) is 4.74 Å². The van der Waals surface area contributed by atoms with Gasteiger partial charge in [-0.2, -0.15) is 0 Å². The first-order chi connectivity index (χ1) is 12.2. The number of hydrogen-bond donors (Lipinski definition) is 1. The molecule has 6 nitrogen and oxygen atoms in total. The summed E-state index contributed by atoms with van der Waals surface area (Å²) in [5, 5.41) is 2.96. The molecule has 0 radical (unpaired) electrons. The summed E-state index contributed by atoms with van der Waals surface area (Å²) in [7, 11) is 1.61. The Kier molecular flexibility index (Phi) is 5.91. The molecule has 0 aliphatic carbocycles. The fraction of sp³-hybridized carbons (Fsp3) is 0.579. The summed E-state index contributed by atoms with van der Waals surface area (Å²) >= 11 is 0. The molecule has 0 saturated carbocycles. The number of ether oxygens (including phenoxy) is 1. The molecule has 2 aliphatic heterocycles. The lowest BCUT2D eigenvalue weighted by molar-refractivity contribution is -0.134. The van der Waals surface area contributed by atoms with Gasteiger partial charge in [0, 0.05) is 18.8 Å². The van der Waals surface area contributed by atoms with Crippen LogP contribution in [0.3, 0.4) is 0 Å². The van der Waals surface area contributed by atoms with Gasteiger partial charge in [0.15, 0.2) is 0 Å². The number of carbonyl (C=O) groups is 2. The first-order valence-electron chi connectivity index (χ1n) is 9.14. The SMILES string of the molecule is COc1ccc(NC(=O)[C@@H]2CCCN2CC(=O)N2CCCCC2)cc1. The van der Waals surface area contributed by atoms with Crippen molar-refractivity contribution in [2.75, 3.05) is 38.6 Å². The van der Waals surface area contributed by atoms with Gasteiger partial charge in [-0.15, -0.1) is 0 Å². The first-order valence-corrected chi connectivity index (χ1v) is 9.14. The summed E-state index contributed by atoms with van der Waals surface area (Å²) in [5.41, 5.74) is 0.750. The van der Waals surface area contributed by atoms with Crippen LogP contribution in [0, 0.1) is 0 Å². The molecule has 0 unspecified atom stereocenters. The number of hydrogen-bond acceptors (Lipinski definition) is 4. The van der Waals surface area contributed by atoms with Crippen LogP contribution in [0.4, 0.5) is 5.69 Å². The topological polar surface area (TPSA) is 61.9 Å². The number of carbonyl (C=O) groups excluding carboxylic acids is 2. The molecule has 1 N–H and O–H groups in total. The predicted molar refractivity (Wildman–Crippen MR) is 96.6 cm³/mol. The fourth-order valence-electron chi connectivity index (χ4n) is 3.63. The Balaban J connectivity index is 1.56. The minimum Gasteiger partial charge on any atom is -0.497 e. The number of likely N-dealkylation sites (tertiary alicyclic amines) is 2. The quantitative estimate of drug-likeness (QED) is 0.888. The van der Waals surface area contributed by atoms with Crippen molar-refractivity contribution >= 4 is 17.5 Å². The van der Waals surface area contributed by atoms with E-state index in [-0.39, 0.29) is 17.9 Å². The van der Waals surface area contributed by atoms with Gasteiger partial charge in [0.05, 0.1) is 19.7 Å². The molecule has 2 aliphatic rings. The summed E-state index contributed by atoms with van der Waals surface area (Å²) in [6, 6.07) is 7.07. The van der Waals surface area contributed by atoms with Crippen molar-refractivity contribution in [3.63, 3.8) is 0 Å². The number of rotatable bonds is 5. The van der Waals surface area contributed by atoms with Crippen molar-refractivity contribution in [2.45, 2.75) is 38.1 Å². The number of anilines is 1. The standard InChI is InChI=1S/C19H27N3O3/c1-25-16-9-7-15(8-10-16)20-19(24)17-6-5-13-22(17)14-18(23)21-11-3-2-4-12-21/h7-10,17H,2-6,11-14H2,1H3,(H,20,24)/t17-/m0/s1. The Labute approximate surface area is 149 Å². The van der Waals surface area contributed by atoms with E-state index >= 15 is 0 Å². The van der Waals surface area contributed by atoms with Gasteiger partial charge in [-0.3, -0.25) is 14.5 Å². The van der Waals surface area contributed by atoms with Crippen LogP contribution in [0.5, 0.6) is 5.75 Å². The molecule has 1 aromatic carbocycles. The molecule has 2 amide bonds. The van der Waals surface area contributed by atoms with Gasteiger partial charge < -0.3 is 15.0 Å². The molecule has 0 spiro atoms. The van der Waals surface area contributed by atoms with Gasteiger partial charge in [-0.05, 0) is 62.9 Å². The lowest BCUT2D eigenvalue weighted by Crippen LogP contribution is -2.47. The summed E-state index contributed by atoms with van der Waals surface area (Å²) < 4.78 is 5.13. The second-order valence-electron chi connectivity index (χ2n) is 6.79. The molecule has 3 rings (SSSR count). The van der Waals surface area contributed by atoms with Crippen molar-refractivity contribution in [1.29, 1.82) is 0 Å². The molecular formula is C19H27N3O3. The molecule has 2 saturated heterocycles. The summed E-state index contributed by atoms with van der Waals surface area (Å²) in [5.74, 6) is 0.880. The second kappa shape index (κ2) is 8.34. The lowest BCUT2D eigenvalue weighted by Gasteiger charge is -2.30. The van der Waals surface area contributed by atoms with Crippen LogP contribution in [0.15, 0.2) is 24.3 Å². The van der Waals surface area contributed by atoms with E-state index in [9.17, 15) is 9.59 Å². The summed E-state index contributed by atoms with van der Waals surface area (Å²) in [6.07, 6.45) is 5.14. The van der Waals surface area contributed by atoms with E-state index in [1.54, 1.807) is 7.11 Å². The lowest BCUT2D eigenvalue weighted by atomic mass is 10.1. The van der Waals surface area contributed by atoms with Crippen LogP contribution in [-0.2, 0) is 9.59 Å². The maximum atomic E-state index is 12.6. The van der Waals surface area contributed by atoms with Crippen LogP contribution in [0.2, 0.25) is 0 Å². The molecule has 2 fully saturated rings. The number of methoxy groups -OCH3 is 1. The number of nitrogens with zero attached hydrogens (tertiary/aromatic N) is 2. The molecule has 0 bridgehead atoms. The maximum Gasteiger partial charge on any atom is 0.241 e. The van der Waals surface area contributed by atoms with Crippen LogP contribution in [0.25, 0.3) is 0 Å². The van der Waals surface area contributed by atoms with E-state index in [2.05, 4.69) is 5.32 Å². The monoisotopic (exact) mass is 345 g/mol. The van der Waals surface area contributed by atoms with Gasteiger partial charge >= 0.3 is 0 Å². The zero-order valence-electron chi connectivity index (χ0n) is 14.9. The third-order valence-electron chi connectivity index (χ3n) is 5.07. The smallest absolute Gasteiger partial charge is 0.241 e. The second-order valence-corrected chi connectivity index (χ2v) is 6.79. The zero-order chi connectivity index (χ0) is 17.6. The minimum absolute atomic E-state index is 0.0332. The van der Waals surface area contributed by atoms with Gasteiger partial charge in [0.1, 0.15) is 5.75 Å². The minimum atomic E-state index is -0.226. The van der Waals surface area contributed by atoms with Crippen LogP contribution in [-0.4, -0.2) is 60.9 Å². The Hall–Kier alpha value is -2.08. The average molecular weight is 345 g/mol.